The van der Waals surface area contributed by atoms with Gasteiger partial charge in [-0.15, -0.1) is 0 Å². The zero-order valence-electron chi connectivity index (χ0n) is 21.2. The van der Waals surface area contributed by atoms with Gasteiger partial charge in [-0.3, -0.25) is 5.10 Å². The molecule has 1 saturated carbocycles. The molecule has 0 radical (unpaired) electrons. The number of nitrogens with zero attached hydrogens (tertiary/aromatic N) is 7. The smallest absolute Gasteiger partial charge is 0.434 e. The molecule has 12 heteroatoms. The summed E-state index contributed by atoms with van der Waals surface area (Å²) in [5.41, 5.74) is 4.30. The number of aromatic amines is 1. The number of methoxy groups -OCH3 is 1. The lowest BCUT2D eigenvalue weighted by molar-refractivity contribution is -0.140. The number of alkyl halides is 3. The van der Waals surface area contributed by atoms with Gasteiger partial charge in [-0.25, -0.2) is 19.9 Å². The average Bonchev–Trinajstić information content (AvgIpc) is 3.50. The van der Waals surface area contributed by atoms with Gasteiger partial charge in [0.1, 0.15) is 23.7 Å². The number of hydrogen-bond donors (Lipinski definition) is 1. The molecule has 198 valence electrons. The molecule has 38 heavy (non-hydrogen) atoms. The average molecular weight is 525 g/mol. The minimum Gasteiger partial charge on any atom is -0.480 e. The van der Waals surface area contributed by atoms with E-state index in [9.17, 15) is 13.2 Å². The molecule has 0 amide bonds. The molecule has 0 bridgehead atoms. The molecule has 0 saturated heterocycles. The molecule has 4 aromatic heterocycles. The molecule has 1 fully saturated rings. The summed E-state index contributed by atoms with van der Waals surface area (Å²) in [5.74, 6) is 1.87. The zero-order chi connectivity index (χ0) is 26.6. The highest BCUT2D eigenvalue weighted by Gasteiger charge is 2.36. The molecule has 4 aromatic rings. The quantitative estimate of drug-likeness (QED) is 0.371. The Morgan fingerprint density at radius 2 is 1.95 bits per heavy atom. The van der Waals surface area contributed by atoms with Crippen LogP contribution < -0.4 is 9.64 Å². The SMILES string of the molecule is COc1ncnc(C2CC2)c1-c1n[nH]c2c1CN(c1ccc(-c3nc(C(F)(F)F)cn3C(C)C)cn1)CC2. The predicted molar refractivity (Wildman–Crippen MR) is 134 cm³/mol. The Kier molecular flexibility index (Phi) is 5.84. The van der Waals surface area contributed by atoms with Crippen LogP contribution in [0.15, 0.2) is 30.9 Å². The van der Waals surface area contributed by atoms with Crippen LogP contribution in [0.4, 0.5) is 19.0 Å². The highest BCUT2D eigenvalue weighted by Crippen LogP contribution is 2.46. The van der Waals surface area contributed by atoms with Crippen LogP contribution in [0.25, 0.3) is 22.6 Å². The number of anilines is 1. The Balaban J connectivity index is 1.30. The first-order valence-electron chi connectivity index (χ1n) is 12.6. The summed E-state index contributed by atoms with van der Waals surface area (Å²) in [5, 5.41) is 7.83. The van der Waals surface area contributed by atoms with Crippen LogP contribution in [0.5, 0.6) is 5.88 Å². The van der Waals surface area contributed by atoms with Crippen LogP contribution in [-0.4, -0.2) is 48.4 Å². The molecule has 0 aromatic carbocycles. The molecule has 0 spiro atoms. The third kappa shape index (κ3) is 4.27. The minimum absolute atomic E-state index is 0.187. The topological polar surface area (TPSA) is 97.6 Å². The maximum atomic E-state index is 13.3. The molecule has 6 rings (SSSR count). The number of nitrogens with one attached hydrogen (secondary N) is 1. The number of hydrogen-bond acceptors (Lipinski definition) is 7. The molecule has 0 unspecified atom stereocenters. The second-order valence-corrected chi connectivity index (χ2v) is 9.97. The van der Waals surface area contributed by atoms with E-state index in [4.69, 9.17) is 4.74 Å². The molecule has 1 aliphatic carbocycles. The number of ether oxygens (including phenoxy) is 1. The molecular weight excluding hydrogens is 497 g/mol. The van der Waals surface area contributed by atoms with Gasteiger partial charge >= 0.3 is 6.18 Å². The van der Waals surface area contributed by atoms with Crippen LogP contribution in [0.3, 0.4) is 0 Å². The standard InChI is InChI=1S/C26H27F3N8O/c1-14(2)37-12-19(26(27,28)29)33-24(37)16-6-7-20(30-10-16)36-9-8-18-17(11-36)23(35-34-18)21-22(15-4-5-15)31-13-32-25(21)38-3/h6-7,10,12-15H,4-5,8-9,11H2,1-3H3,(H,34,35). The van der Waals surface area contributed by atoms with Gasteiger partial charge in [0, 0.05) is 60.7 Å². The van der Waals surface area contributed by atoms with Crippen molar-refractivity contribution in [2.24, 2.45) is 0 Å². The zero-order valence-corrected chi connectivity index (χ0v) is 21.2. The minimum atomic E-state index is -4.51. The van der Waals surface area contributed by atoms with Crippen LogP contribution in [0, 0.1) is 0 Å². The molecule has 5 heterocycles. The van der Waals surface area contributed by atoms with Gasteiger partial charge in [0.05, 0.1) is 18.4 Å². The van der Waals surface area contributed by atoms with E-state index in [-0.39, 0.29) is 11.9 Å². The normalized spacial score (nSPS) is 15.7. The van der Waals surface area contributed by atoms with E-state index in [1.807, 2.05) is 19.9 Å². The number of rotatable bonds is 6. The summed E-state index contributed by atoms with van der Waals surface area (Å²) in [6.45, 7) is 4.93. The van der Waals surface area contributed by atoms with E-state index in [2.05, 4.69) is 35.0 Å². The third-order valence-electron chi connectivity index (χ3n) is 7.08. The fourth-order valence-electron chi connectivity index (χ4n) is 4.97. The van der Waals surface area contributed by atoms with Gasteiger partial charge in [0.2, 0.25) is 5.88 Å². The summed E-state index contributed by atoms with van der Waals surface area (Å²) in [6, 6.07) is 3.41. The van der Waals surface area contributed by atoms with Crippen LogP contribution >= 0.6 is 0 Å². The van der Waals surface area contributed by atoms with Crippen molar-refractivity contribution >= 4 is 5.82 Å². The highest BCUT2D eigenvalue weighted by molar-refractivity contribution is 5.73. The summed E-state index contributed by atoms with van der Waals surface area (Å²) in [7, 11) is 1.60. The summed E-state index contributed by atoms with van der Waals surface area (Å²) < 4.78 is 47.1. The van der Waals surface area contributed by atoms with E-state index in [0.29, 0.717) is 23.9 Å². The fourth-order valence-corrected chi connectivity index (χ4v) is 4.97. The first kappa shape index (κ1) is 24.4. The lowest BCUT2D eigenvalue weighted by atomic mass is 9.99. The van der Waals surface area contributed by atoms with E-state index in [1.54, 1.807) is 19.4 Å². The number of pyridine rings is 1. The number of H-pyrrole nitrogens is 1. The fraction of sp³-hybridized carbons (Fsp3) is 0.423. The van der Waals surface area contributed by atoms with Gasteiger partial charge < -0.3 is 14.2 Å². The monoisotopic (exact) mass is 524 g/mol. The Morgan fingerprint density at radius 1 is 1.13 bits per heavy atom. The van der Waals surface area contributed by atoms with Gasteiger partial charge in [0.25, 0.3) is 0 Å². The van der Waals surface area contributed by atoms with Crippen LogP contribution in [0.2, 0.25) is 0 Å². The van der Waals surface area contributed by atoms with Gasteiger partial charge in [0.15, 0.2) is 5.69 Å². The van der Waals surface area contributed by atoms with Crippen molar-refractivity contribution in [3.63, 3.8) is 0 Å². The molecule has 1 aliphatic heterocycles. The maximum Gasteiger partial charge on any atom is 0.434 e. The predicted octanol–water partition coefficient (Wildman–Crippen LogP) is 5.17. The molecule has 0 atom stereocenters. The van der Waals surface area contributed by atoms with Crippen molar-refractivity contribution in [1.29, 1.82) is 0 Å². The lowest BCUT2D eigenvalue weighted by Crippen LogP contribution is -2.31. The molecule has 2 aliphatic rings. The number of imidazole rings is 1. The Hall–Kier alpha value is -3.96. The number of fused-ring (bicyclic) bond motifs is 1. The number of aromatic nitrogens is 7. The second-order valence-electron chi connectivity index (χ2n) is 9.97. The van der Waals surface area contributed by atoms with E-state index >= 15 is 0 Å². The van der Waals surface area contributed by atoms with Crippen molar-refractivity contribution in [2.45, 2.75) is 57.8 Å². The molecule has 1 N–H and O–H groups in total. The Bertz CT molecular complexity index is 1470. The van der Waals surface area contributed by atoms with Crippen molar-refractivity contribution in [1.82, 2.24) is 34.7 Å². The molecule has 9 nitrogen and oxygen atoms in total. The van der Waals surface area contributed by atoms with E-state index in [0.717, 1.165) is 66.0 Å². The van der Waals surface area contributed by atoms with Crippen molar-refractivity contribution in [2.75, 3.05) is 18.6 Å². The van der Waals surface area contributed by atoms with E-state index < -0.39 is 11.9 Å². The first-order chi connectivity index (χ1) is 18.2. The summed E-state index contributed by atoms with van der Waals surface area (Å²) >= 11 is 0. The van der Waals surface area contributed by atoms with Crippen molar-refractivity contribution < 1.29 is 17.9 Å². The van der Waals surface area contributed by atoms with Gasteiger partial charge in [-0.2, -0.15) is 18.3 Å². The Labute approximate surface area is 217 Å². The van der Waals surface area contributed by atoms with Crippen molar-refractivity contribution in [3.05, 3.63) is 53.5 Å². The Morgan fingerprint density at radius 3 is 2.61 bits per heavy atom. The molecular formula is C26H27F3N8O. The van der Waals surface area contributed by atoms with Gasteiger partial charge in [-0.05, 0) is 38.8 Å². The maximum absolute atomic E-state index is 13.3. The van der Waals surface area contributed by atoms with Crippen LogP contribution in [-0.2, 0) is 19.1 Å². The van der Waals surface area contributed by atoms with Crippen molar-refractivity contribution in [3.8, 4) is 28.5 Å². The third-order valence-corrected chi connectivity index (χ3v) is 7.08. The van der Waals surface area contributed by atoms with E-state index in [1.165, 1.54) is 10.9 Å². The summed E-state index contributed by atoms with van der Waals surface area (Å²) in [6.07, 6.45) is 2.58. The lowest BCUT2D eigenvalue weighted by Gasteiger charge is -2.28. The number of halogens is 3. The summed E-state index contributed by atoms with van der Waals surface area (Å²) in [4.78, 5) is 19.5. The van der Waals surface area contributed by atoms with Crippen LogP contribution in [0.1, 0.15) is 61.3 Å². The largest absolute Gasteiger partial charge is 0.480 e. The first-order valence-corrected chi connectivity index (χ1v) is 12.6. The second kappa shape index (κ2) is 9.10. The van der Waals surface area contributed by atoms with Gasteiger partial charge in [-0.1, -0.05) is 0 Å². The highest BCUT2D eigenvalue weighted by atomic mass is 19.4.